The van der Waals surface area contributed by atoms with Crippen LogP contribution in [0.4, 0.5) is 0 Å². The van der Waals surface area contributed by atoms with Gasteiger partial charge in [-0.3, -0.25) is 14.6 Å². The summed E-state index contributed by atoms with van der Waals surface area (Å²) in [6.45, 7) is 6.20. The van der Waals surface area contributed by atoms with Crippen molar-refractivity contribution in [1.29, 1.82) is 0 Å². The second-order valence-corrected chi connectivity index (χ2v) is 5.44. The van der Waals surface area contributed by atoms with Gasteiger partial charge in [0.15, 0.2) is 0 Å². The fourth-order valence-corrected chi connectivity index (χ4v) is 2.14. The number of ether oxygens (including phenoxy) is 1. The molecule has 0 spiro atoms. The van der Waals surface area contributed by atoms with Gasteiger partial charge in [0.05, 0.1) is 12.1 Å². The van der Waals surface area contributed by atoms with Gasteiger partial charge in [0.2, 0.25) is 11.8 Å². The SMILES string of the molecule is CCNC(=O)CN1NC(c2ccc(OC(C)C)nc2)C=CC1=O. The van der Waals surface area contributed by atoms with Gasteiger partial charge in [-0.1, -0.05) is 12.1 Å². The number of hydrogen-bond acceptors (Lipinski definition) is 5. The van der Waals surface area contributed by atoms with Gasteiger partial charge in [-0.15, -0.1) is 0 Å². The fourth-order valence-electron chi connectivity index (χ4n) is 2.14. The number of likely N-dealkylation sites (N-methyl/N-ethyl adjacent to an activating group) is 1. The van der Waals surface area contributed by atoms with Gasteiger partial charge in [-0.25, -0.2) is 10.4 Å². The van der Waals surface area contributed by atoms with Crippen molar-refractivity contribution in [3.8, 4) is 5.88 Å². The molecule has 0 radical (unpaired) electrons. The van der Waals surface area contributed by atoms with Crippen LogP contribution in [0.15, 0.2) is 30.5 Å². The monoisotopic (exact) mass is 318 g/mol. The van der Waals surface area contributed by atoms with E-state index < -0.39 is 0 Å². The molecule has 0 aliphatic carbocycles. The molecule has 1 aliphatic heterocycles. The van der Waals surface area contributed by atoms with Crippen LogP contribution in [0.2, 0.25) is 0 Å². The molecule has 2 rings (SSSR count). The van der Waals surface area contributed by atoms with Crippen LogP contribution in [0.5, 0.6) is 5.88 Å². The molecule has 2 amide bonds. The summed E-state index contributed by atoms with van der Waals surface area (Å²) in [7, 11) is 0. The Balaban J connectivity index is 2.04. The highest BCUT2D eigenvalue weighted by molar-refractivity contribution is 5.91. The molecule has 23 heavy (non-hydrogen) atoms. The van der Waals surface area contributed by atoms with Crippen LogP contribution in [0.3, 0.4) is 0 Å². The number of nitrogens with one attached hydrogen (secondary N) is 2. The Kier molecular flexibility index (Phi) is 5.70. The minimum atomic E-state index is -0.250. The van der Waals surface area contributed by atoms with Gasteiger partial charge in [0.1, 0.15) is 6.54 Å². The highest BCUT2D eigenvalue weighted by Crippen LogP contribution is 2.19. The molecule has 1 aliphatic rings. The van der Waals surface area contributed by atoms with Crippen molar-refractivity contribution >= 4 is 11.8 Å². The summed E-state index contributed by atoms with van der Waals surface area (Å²) in [5.74, 6) is 0.0974. The van der Waals surface area contributed by atoms with Crippen LogP contribution in [-0.2, 0) is 9.59 Å². The number of nitrogens with zero attached hydrogens (tertiary/aromatic N) is 2. The number of hydrogen-bond donors (Lipinski definition) is 2. The topological polar surface area (TPSA) is 83.6 Å². The first-order chi connectivity index (χ1) is 11.0. The Labute approximate surface area is 135 Å². The Morgan fingerprint density at radius 2 is 2.26 bits per heavy atom. The lowest BCUT2D eigenvalue weighted by Gasteiger charge is -2.29. The quantitative estimate of drug-likeness (QED) is 0.816. The number of rotatable bonds is 6. The molecular weight excluding hydrogens is 296 g/mol. The smallest absolute Gasteiger partial charge is 0.260 e. The summed E-state index contributed by atoms with van der Waals surface area (Å²) < 4.78 is 5.51. The highest BCUT2D eigenvalue weighted by atomic mass is 16.5. The highest BCUT2D eigenvalue weighted by Gasteiger charge is 2.23. The molecule has 1 aromatic heterocycles. The van der Waals surface area contributed by atoms with Crippen molar-refractivity contribution in [1.82, 2.24) is 20.7 Å². The summed E-state index contributed by atoms with van der Waals surface area (Å²) in [6, 6.07) is 3.45. The van der Waals surface area contributed by atoms with E-state index in [2.05, 4.69) is 15.7 Å². The molecule has 1 atom stereocenters. The summed E-state index contributed by atoms with van der Waals surface area (Å²) >= 11 is 0. The summed E-state index contributed by atoms with van der Waals surface area (Å²) in [6.07, 6.45) is 4.96. The normalized spacial score (nSPS) is 17.5. The number of aromatic nitrogens is 1. The Bertz CT molecular complexity index is 583. The van der Waals surface area contributed by atoms with E-state index in [0.717, 1.165) is 5.56 Å². The van der Waals surface area contributed by atoms with Gasteiger partial charge >= 0.3 is 0 Å². The average Bonchev–Trinajstić information content (AvgIpc) is 2.50. The molecule has 7 nitrogen and oxygen atoms in total. The predicted octanol–water partition coefficient (Wildman–Crippen LogP) is 0.949. The summed E-state index contributed by atoms with van der Waals surface area (Å²) in [5.41, 5.74) is 3.90. The standard InChI is InChI=1S/C16H22N4O3/c1-4-17-14(21)10-20-16(22)8-6-13(19-20)12-5-7-15(18-9-12)23-11(2)3/h5-9,11,13,19H,4,10H2,1-3H3,(H,17,21). The van der Waals surface area contributed by atoms with Crippen LogP contribution in [0, 0.1) is 0 Å². The van der Waals surface area contributed by atoms with Crippen LogP contribution in [0.25, 0.3) is 0 Å². The van der Waals surface area contributed by atoms with Crippen molar-refractivity contribution in [2.24, 2.45) is 0 Å². The van der Waals surface area contributed by atoms with Gasteiger partial charge in [0, 0.05) is 24.9 Å². The van der Waals surface area contributed by atoms with E-state index in [-0.39, 0.29) is 30.5 Å². The Morgan fingerprint density at radius 3 is 2.87 bits per heavy atom. The number of amides is 2. The second kappa shape index (κ2) is 7.73. The third-order valence-electron chi connectivity index (χ3n) is 3.14. The molecule has 0 saturated heterocycles. The Hall–Kier alpha value is -2.41. The van der Waals surface area contributed by atoms with Crippen LogP contribution in [-0.4, -0.2) is 41.0 Å². The van der Waals surface area contributed by atoms with Crippen LogP contribution >= 0.6 is 0 Å². The molecule has 0 aromatic carbocycles. The molecular formula is C16H22N4O3. The van der Waals surface area contributed by atoms with Gasteiger partial charge < -0.3 is 10.1 Å². The molecule has 1 unspecified atom stereocenters. The molecule has 0 fully saturated rings. The molecule has 2 heterocycles. The fraction of sp³-hybridized carbons (Fsp3) is 0.438. The van der Waals surface area contributed by atoms with Gasteiger partial charge in [-0.05, 0) is 26.3 Å². The van der Waals surface area contributed by atoms with Crippen LogP contribution < -0.4 is 15.5 Å². The van der Waals surface area contributed by atoms with Crippen molar-refractivity contribution < 1.29 is 14.3 Å². The van der Waals surface area contributed by atoms with Crippen LogP contribution in [0.1, 0.15) is 32.4 Å². The van der Waals surface area contributed by atoms with Crippen molar-refractivity contribution in [3.05, 3.63) is 36.0 Å². The van der Waals surface area contributed by atoms with E-state index in [1.165, 1.54) is 11.1 Å². The number of carbonyl (C=O) groups excluding carboxylic acids is 2. The van der Waals surface area contributed by atoms with Gasteiger partial charge in [0.25, 0.3) is 5.91 Å². The van der Waals surface area contributed by atoms with Crippen molar-refractivity contribution in [3.63, 3.8) is 0 Å². The molecule has 0 bridgehead atoms. The van der Waals surface area contributed by atoms with E-state index >= 15 is 0 Å². The first kappa shape index (κ1) is 17.0. The minimum Gasteiger partial charge on any atom is -0.475 e. The van der Waals surface area contributed by atoms with Gasteiger partial charge in [-0.2, -0.15) is 0 Å². The Morgan fingerprint density at radius 1 is 1.48 bits per heavy atom. The molecule has 1 aromatic rings. The predicted molar refractivity (Wildman–Crippen MR) is 85.4 cm³/mol. The van der Waals surface area contributed by atoms with E-state index in [1.807, 2.05) is 26.8 Å². The molecule has 124 valence electrons. The minimum absolute atomic E-state index is 0.0323. The number of carbonyl (C=O) groups is 2. The van der Waals surface area contributed by atoms with E-state index in [0.29, 0.717) is 12.4 Å². The molecule has 2 N–H and O–H groups in total. The summed E-state index contributed by atoms with van der Waals surface area (Å²) in [5, 5.41) is 3.97. The lowest BCUT2D eigenvalue weighted by Crippen LogP contribution is -2.50. The van der Waals surface area contributed by atoms with E-state index in [4.69, 9.17) is 4.74 Å². The summed E-state index contributed by atoms with van der Waals surface area (Å²) in [4.78, 5) is 27.7. The average molecular weight is 318 g/mol. The van der Waals surface area contributed by atoms with Crippen molar-refractivity contribution in [2.75, 3.05) is 13.1 Å². The van der Waals surface area contributed by atoms with E-state index in [1.54, 1.807) is 18.3 Å². The maximum absolute atomic E-state index is 11.8. The van der Waals surface area contributed by atoms with Crippen molar-refractivity contribution in [2.45, 2.75) is 32.9 Å². The largest absolute Gasteiger partial charge is 0.475 e. The first-order valence-electron chi connectivity index (χ1n) is 7.64. The second-order valence-electron chi connectivity index (χ2n) is 5.44. The zero-order chi connectivity index (χ0) is 16.8. The number of pyridine rings is 1. The van der Waals surface area contributed by atoms with E-state index in [9.17, 15) is 9.59 Å². The zero-order valence-electron chi connectivity index (χ0n) is 13.6. The maximum atomic E-state index is 11.8. The molecule has 7 heteroatoms. The third-order valence-corrected chi connectivity index (χ3v) is 3.14. The number of hydrazine groups is 1. The zero-order valence-corrected chi connectivity index (χ0v) is 13.6. The lowest BCUT2D eigenvalue weighted by molar-refractivity contribution is -0.136. The maximum Gasteiger partial charge on any atom is 0.260 e. The molecule has 0 saturated carbocycles. The lowest BCUT2D eigenvalue weighted by atomic mass is 10.1. The first-order valence-corrected chi connectivity index (χ1v) is 7.64. The third kappa shape index (κ3) is 4.79.